The summed E-state index contributed by atoms with van der Waals surface area (Å²) in [5.41, 5.74) is 3.94. The van der Waals surface area contributed by atoms with Gasteiger partial charge >= 0.3 is 5.97 Å². The molecule has 0 aromatic heterocycles. The molecule has 0 saturated carbocycles. The zero-order chi connectivity index (χ0) is 17.9. The molecular formula is C19H19ClO4. The average Bonchev–Trinajstić information content (AvgIpc) is 2.56. The standard InChI is InChI=1S/C19H19ClO4/c1-11-8-13(3)17(9-12(11)2)24-10-15-14(6-5-7-16(15)20)18(21)19(22)23-4/h5-9H,10H2,1-4H3. The van der Waals surface area contributed by atoms with Crippen LogP contribution in [-0.4, -0.2) is 18.9 Å². The molecule has 0 saturated heterocycles. The summed E-state index contributed by atoms with van der Waals surface area (Å²) in [6.45, 7) is 6.08. The minimum Gasteiger partial charge on any atom is -0.489 e. The van der Waals surface area contributed by atoms with Crippen molar-refractivity contribution in [3.8, 4) is 5.75 Å². The molecule has 0 aliphatic rings. The maximum atomic E-state index is 12.1. The Morgan fingerprint density at radius 3 is 2.38 bits per heavy atom. The maximum absolute atomic E-state index is 12.1. The van der Waals surface area contributed by atoms with Gasteiger partial charge < -0.3 is 9.47 Å². The number of carbonyl (C=O) groups excluding carboxylic acids is 2. The van der Waals surface area contributed by atoms with Crippen LogP contribution in [0.4, 0.5) is 0 Å². The first-order chi connectivity index (χ1) is 11.3. The van der Waals surface area contributed by atoms with Crippen molar-refractivity contribution in [1.82, 2.24) is 0 Å². The van der Waals surface area contributed by atoms with Gasteiger partial charge in [0.2, 0.25) is 0 Å². The molecule has 0 heterocycles. The third-order valence-electron chi connectivity index (χ3n) is 3.90. The molecule has 0 atom stereocenters. The predicted octanol–water partition coefficient (Wildman–Crippen LogP) is 4.20. The Kier molecular flexibility index (Phi) is 5.62. The molecule has 5 heteroatoms. The predicted molar refractivity (Wildman–Crippen MR) is 92.8 cm³/mol. The average molecular weight is 347 g/mol. The van der Waals surface area contributed by atoms with E-state index in [2.05, 4.69) is 4.74 Å². The van der Waals surface area contributed by atoms with E-state index in [4.69, 9.17) is 16.3 Å². The lowest BCUT2D eigenvalue weighted by Gasteiger charge is -2.14. The third kappa shape index (κ3) is 3.77. The van der Waals surface area contributed by atoms with E-state index in [0.717, 1.165) is 16.9 Å². The first kappa shape index (κ1) is 18.0. The lowest BCUT2D eigenvalue weighted by Crippen LogP contribution is -2.18. The van der Waals surface area contributed by atoms with Crippen LogP contribution in [0.1, 0.15) is 32.6 Å². The Morgan fingerprint density at radius 1 is 1.04 bits per heavy atom. The highest BCUT2D eigenvalue weighted by Crippen LogP contribution is 2.26. The highest BCUT2D eigenvalue weighted by Gasteiger charge is 2.22. The molecule has 0 amide bonds. The number of aryl methyl sites for hydroxylation is 3. The van der Waals surface area contributed by atoms with Crippen LogP contribution in [-0.2, 0) is 16.1 Å². The molecule has 2 aromatic carbocycles. The van der Waals surface area contributed by atoms with Gasteiger partial charge in [0, 0.05) is 16.1 Å². The van der Waals surface area contributed by atoms with Gasteiger partial charge in [-0.2, -0.15) is 0 Å². The maximum Gasteiger partial charge on any atom is 0.379 e. The number of benzene rings is 2. The van der Waals surface area contributed by atoms with Crippen molar-refractivity contribution in [2.75, 3.05) is 7.11 Å². The van der Waals surface area contributed by atoms with E-state index in [-0.39, 0.29) is 12.2 Å². The third-order valence-corrected chi connectivity index (χ3v) is 4.25. The highest BCUT2D eigenvalue weighted by atomic mass is 35.5. The van der Waals surface area contributed by atoms with E-state index in [1.54, 1.807) is 12.1 Å². The van der Waals surface area contributed by atoms with Gasteiger partial charge in [0.05, 0.1) is 7.11 Å². The number of ether oxygens (including phenoxy) is 2. The number of carbonyl (C=O) groups is 2. The molecule has 0 unspecified atom stereocenters. The number of hydrogen-bond acceptors (Lipinski definition) is 4. The van der Waals surface area contributed by atoms with Gasteiger partial charge in [0.25, 0.3) is 5.78 Å². The summed E-state index contributed by atoms with van der Waals surface area (Å²) in [6.07, 6.45) is 0. The first-order valence-electron chi connectivity index (χ1n) is 7.45. The molecule has 0 bridgehead atoms. The monoisotopic (exact) mass is 346 g/mol. The molecule has 126 valence electrons. The second kappa shape index (κ2) is 7.49. The van der Waals surface area contributed by atoms with Gasteiger partial charge in [-0.15, -0.1) is 0 Å². The van der Waals surface area contributed by atoms with E-state index in [9.17, 15) is 9.59 Å². The van der Waals surface area contributed by atoms with Crippen molar-refractivity contribution in [2.45, 2.75) is 27.4 Å². The SMILES string of the molecule is COC(=O)C(=O)c1cccc(Cl)c1COc1cc(C)c(C)cc1C. The van der Waals surface area contributed by atoms with E-state index in [0.29, 0.717) is 10.6 Å². The zero-order valence-electron chi connectivity index (χ0n) is 14.1. The van der Waals surface area contributed by atoms with Gasteiger partial charge in [0.15, 0.2) is 0 Å². The van der Waals surface area contributed by atoms with Gasteiger partial charge in [-0.05, 0) is 49.6 Å². The van der Waals surface area contributed by atoms with Crippen molar-refractivity contribution in [1.29, 1.82) is 0 Å². The largest absolute Gasteiger partial charge is 0.489 e. The summed E-state index contributed by atoms with van der Waals surface area (Å²) in [7, 11) is 1.17. The number of methoxy groups -OCH3 is 1. The lowest BCUT2D eigenvalue weighted by atomic mass is 10.0. The molecule has 0 radical (unpaired) electrons. The van der Waals surface area contributed by atoms with Crippen molar-refractivity contribution >= 4 is 23.4 Å². The second-order valence-corrected chi connectivity index (χ2v) is 5.98. The molecule has 2 aromatic rings. The van der Waals surface area contributed by atoms with Crippen molar-refractivity contribution in [3.05, 3.63) is 63.2 Å². The molecular weight excluding hydrogens is 328 g/mol. The van der Waals surface area contributed by atoms with Crippen molar-refractivity contribution in [2.24, 2.45) is 0 Å². The Bertz CT molecular complexity index is 796. The molecule has 0 fully saturated rings. The minimum absolute atomic E-state index is 0.0844. The van der Waals surface area contributed by atoms with Crippen LogP contribution in [0.15, 0.2) is 30.3 Å². The summed E-state index contributed by atoms with van der Waals surface area (Å²) in [6, 6.07) is 8.79. The fraction of sp³-hybridized carbons (Fsp3) is 0.263. The van der Waals surface area contributed by atoms with Crippen LogP contribution >= 0.6 is 11.6 Å². The fourth-order valence-corrected chi connectivity index (χ4v) is 2.59. The molecule has 0 spiro atoms. The number of hydrogen-bond donors (Lipinski definition) is 0. The number of Topliss-reactive ketones (excluding diaryl/α,β-unsaturated/α-hetero) is 1. The van der Waals surface area contributed by atoms with E-state index in [1.807, 2.05) is 32.9 Å². The van der Waals surface area contributed by atoms with E-state index in [1.165, 1.54) is 18.7 Å². The summed E-state index contributed by atoms with van der Waals surface area (Å²) in [5, 5.41) is 0.367. The Balaban J connectivity index is 2.32. The van der Waals surface area contributed by atoms with Gasteiger partial charge in [-0.25, -0.2) is 4.79 Å². The second-order valence-electron chi connectivity index (χ2n) is 5.58. The minimum atomic E-state index is -0.930. The van der Waals surface area contributed by atoms with Crippen LogP contribution in [0.3, 0.4) is 0 Å². The summed E-state index contributed by atoms with van der Waals surface area (Å²) in [4.78, 5) is 23.7. The molecule has 0 aliphatic heterocycles. The Labute approximate surface area is 146 Å². The molecule has 4 nitrogen and oxygen atoms in total. The number of ketones is 1. The smallest absolute Gasteiger partial charge is 0.379 e. The van der Waals surface area contributed by atoms with Crippen LogP contribution in [0, 0.1) is 20.8 Å². The van der Waals surface area contributed by atoms with Gasteiger partial charge in [0.1, 0.15) is 12.4 Å². The number of halogens is 1. The molecule has 24 heavy (non-hydrogen) atoms. The molecule has 0 aliphatic carbocycles. The summed E-state index contributed by atoms with van der Waals surface area (Å²) < 4.78 is 10.4. The lowest BCUT2D eigenvalue weighted by molar-refractivity contribution is -0.135. The van der Waals surface area contributed by atoms with Gasteiger partial charge in [-0.1, -0.05) is 29.8 Å². The fourth-order valence-electron chi connectivity index (χ4n) is 2.36. The Morgan fingerprint density at radius 2 is 1.71 bits per heavy atom. The summed E-state index contributed by atoms with van der Waals surface area (Å²) >= 11 is 6.20. The van der Waals surface area contributed by atoms with Crippen LogP contribution in [0.25, 0.3) is 0 Å². The first-order valence-corrected chi connectivity index (χ1v) is 7.83. The van der Waals surface area contributed by atoms with Gasteiger partial charge in [-0.3, -0.25) is 4.79 Å². The topological polar surface area (TPSA) is 52.6 Å². The number of rotatable bonds is 5. The normalized spacial score (nSPS) is 10.4. The van der Waals surface area contributed by atoms with Crippen LogP contribution < -0.4 is 4.74 Å². The zero-order valence-corrected chi connectivity index (χ0v) is 14.9. The number of esters is 1. The van der Waals surface area contributed by atoms with Crippen molar-refractivity contribution in [3.63, 3.8) is 0 Å². The summed E-state index contributed by atoms with van der Waals surface area (Å²) in [5.74, 6) is -0.953. The van der Waals surface area contributed by atoms with E-state index < -0.39 is 11.8 Å². The van der Waals surface area contributed by atoms with Crippen molar-refractivity contribution < 1.29 is 19.1 Å². The highest BCUT2D eigenvalue weighted by molar-refractivity contribution is 6.42. The molecule has 0 N–H and O–H groups in total. The Hall–Kier alpha value is -2.33. The quantitative estimate of drug-likeness (QED) is 0.462. The molecule has 2 rings (SSSR count). The van der Waals surface area contributed by atoms with Crippen LogP contribution in [0.5, 0.6) is 5.75 Å². The van der Waals surface area contributed by atoms with Crippen LogP contribution in [0.2, 0.25) is 5.02 Å². The van der Waals surface area contributed by atoms with E-state index >= 15 is 0 Å².